The summed E-state index contributed by atoms with van der Waals surface area (Å²) in [5.74, 6) is -2.01. The summed E-state index contributed by atoms with van der Waals surface area (Å²) in [5, 5.41) is 9.77. The van der Waals surface area contributed by atoms with E-state index in [-0.39, 0.29) is 30.9 Å². The summed E-state index contributed by atoms with van der Waals surface area (Å²) in [6.45, 7) is 15.2. The Labute approximate surface area is 255 Å². The number of anilines is 1. The average molecular weight is 600 g/mol. The van der Waals surface area contributed by atoms with E-state index in [0.717, 1.165) is 12.0 Å². The Morgan fingerprint density at radius 1 is 1.14 bits per heavy atom. The number of hydrogen-bond acceptors (Lipinski definition) is 5. The number of nitrogens with zero attached hydrogens (tertiary/aromatic N) is 3. The lowest BCUT2D eigenvalue weighted by atomic mass is 9.64. The summed E-state index contributed by atoms with van der Waals surface area (Å²) in [6, 6.07) is 4.58. The van der Waals surface area contributed by atoms with Crippen LogP contribution in [-0.4, -0.2) is 82.7 Å². The van der Waals surface area contributed by atoms with Gasteiger partial charge in [0.05, 0.1) is 28.1 Å². The molecule has 3 amide bonds. The van der Waals surface area contributed by atoms with Crippen molar-refractivity contribution < 1.29 is 24.2 Å². The number of hydrogen-bond donors (Lipinski definition) is 1. The zero-order valence-corrected chi connectivity index (χ0v) is 26.1. The molecule has 3 aliphatic heterocycles. The Hall–Kier alpha value is -2.68. The van der Waals surface area contributed by atoms with Crippen LogP contribution in [0.4, 0.5) is 5.69 Å². The van der Waals surface area contributed by atoms with Crippen molar-refractivity contribution in [2.75, 3.05) is 37.7 Å². The molecule has 3 heterocycles. The molecule has 230 valence electrons. The number of ether oxygens (including phenoxy) is 1. The Balaban J connectivity index is 1.83. The molecule has 1 aromatic carbocycles. The number of likely N-dealkylation sites (tertiary alicyclic amines) is 1. The molecule has 0 aromatic heterocycles. The van der Waals surface area contributed by atoms with E-state index in [0.29, 0.717) is 68.9 Å². The van der Waals surface area contributed by atoms with Crippen LogP contribution in [-0.2, 0) is 19.1 Å². The molecular weight excluding hydrogens is 554 g/mol. The maximum atomic E-state index is 14.8. The molecule has 1 spiro atoms. The third-order valence-electron chi connectivity index (χ3n) is 9.43. The van der Waals surface area contributed by atoms with Crippen LogP contribution in [0.5, 0.6) is 0 Å². The van der Waals surface area contributed by atoms with Gasteiger partial charge >= 0.3 is 0 Å². The summed E-state index contributed by atoms with van der Waals surface area (Å²) in [5.41, 5.74) is -0.514. The third kappa shape index (κ3) is 5.31. The number of halogens is 1. The smallest absolute Gasteiger partial charge is 0.253 e. The minimum Gasteiger partial charge on any atom is -0.396 e. The van der Waals surface area contributed by atoms with Gasteiger partial charge in [-0.2, -0.15) is 0 Å². The van der Waals surface area contributed by atoms with Gasteiger partial charge in [-0.25, -0.2) is 0 Å². The van der Waals surface area contributed by atoms with E-state index in [2.05, 4.69) is 13.2 Å². The van der Waals surface area contributed by atoms with Gasteiger partial charge in [0.2, 0.25) is 11.8 Å². The van der Waals surface area contributed by atoms with Gasteiger partial charge in [-0.3, -0.25) is 14.4 Å². The average Bonchev–Trinajstić information content (AvgIpc) is 3.57. The zero-order chi connectivity index (χ0) is 30.7. The number of benzene rings is 1. The zero-order valence-electron chi connectivity index (χ0n) is 25.3. The largest absolute Gasteiger partial charge is 0.396 e. The molecule has 42 heavy (non-hydrogen) atoms. The Morgan fingerprint density at radius 2 is 1.88 bits per heavy atom. The monoisotopic (exact) mass is 599 g/mol. The van der Waals surface area contributed by atoms with Crippen molar-refractivity contribution in [2.24, 2.45) is 11.8 Å². The quantitative estimate of drug-likeness (QED) is 0.229. The van der Waals surface area contributed by atoms with Crippen LogP contribution in [0.1, 0.15) is 64.4 Å². The lowest BCUT2D eigenvalue weighted by Crippen LogP contribution is -2.56. The van der Waals surface area contributed by atoms with Gasteiger partial charge in [0, 0.05) is 32.8 Å². The van der Waals surface area contributed by atoms with Gasteiger partial charge in [-0.1, -0.05) is 49.7 Å². The number of aliphatic hydroxyl groups is 1. The third-order valence-corrected chi connectivity index (χ3v) is 9.73. The molecule has 4 rings (SSSR count). The number of para-hydroxylation sites is 1. The molecule has 0 radical (unpaired) electrons. The van der Waals surface area contributed by atoms with Crippen LogP contribution in [0.3, 0.4) is 0 Å². The van der Waals surface area contributed by atoms with Gasteiger partial charge in [0.15, 0.2) is 0 Å². The molecule has 3 saturated heterocycles. The topological polar surface area (TPSA) is 90.4 Å². The van der Waals surface area contributed by atoms with Crippen molar-refractivity contribution in [1.82, 2.24) is 9.80 Å². The first-order chi connectivity index (χ1) is 20.2. The lowest BCUT2D eigenvalue weighted by Gasteiger charge is -2.37. The molecule has 2 bridgehead atoms. The highest BCUT2D eigenvalue weighted by molar-refractivity contribution is 6.34. The van der Waals surface area contributed by atoms with Crippen LogP contribution >= 0.6 is 11.6 Å². The molecule has 8 nitrogen and oxygen atoms in total. The molecule has 5 atom stereocenters. The van der Waals surface area contributed by atoms with Crippen LogP contribution in [0.15, 0.2) is 43.5 Å². The number of unbranched alkanes of at least 4 members (excludes halogenated alkanes) is 2. The van der Waals surface area contributed by atoms with E-state index in [9.17, 15) is 19.5 Å². The Bertz CT molecular complexity index is 1190. The number of fused-ring (bicyclic) bond motifs is 1. The van der Waals surface area contributed by atoms with Gasteiger partial charge < -0.3 is 24.5 Å². The summed E-state index contributed by atoms with van der Waals surface area (Å²) in [4.78, 5) is 48.6. The highest BCUT2D eigenvalue weighted by Gasteiger charge is 2.79. The Morgan fingerprint density at radius 3 is 2.50 bits per heavy atom. The molecular formula is C33H46ClN3O5. The number of aryl methyl sites for hydroxylation is 1. The van der Waals surface area contributed by atoms with E-state index < -0.39 is 29.1 Å². The highest BCUT2D eigenvalue weighted by atomic mass is 35.5. The lowest BCUT2D eigenvalue weighted by molar-refractivity contribution is -0.151. The molecule has 3 fully saturated rings. The minimum absolute atomic E-state index is 0.0665. The van der Waals surface area contributed by atoms with Gasteiger partial charge in [-0.05, 0) is 63.5 Å². The van der Waals surface area contributed by atoms with Gasteiger partial charge in [0.1, 0.15) is 11.6 Å². The first-order valence-electron chi connectivity index (χ1n) is 15.4. The summed E-state index contributed by atoms with van der Waals surface area (Å²) < 4.78 is 6.97. The number of amides is 3. The van der Waals surface area contributed by atoms with Crippen molar-refractivity contribution >= 4 is 35.0 Å². The fraction of sp³-hybridized carbons (Fsp3) is 0.606. The fourth-order valence-electron chi connectivity index (χ4n) is 7.63. The van der Waals surface area contributed by atoms with Crippen LogP contribution in [0.25, 0.3) is 0 Å². The van der Waals surface area contributed by atoms with Gasteiger partial charge in [-0.15, -0.1) is 13.2 Å². The number of aliphatic hydroxyl groups excluding tert-OH is 1. The second-order valence-electron chi connectivity index (χ2n) is 11.9. The second kappa shape index (κ2) is 13.3. The van der Waals surface area contributed by atoms with Crippen molar-refractivity contribution in [2.45, 2.75) is 83.0 Å². The maximum absolute atomic E-state index is 14.8. The van der Waals surface area contributed by atoms with E-state index in [1.807, 2.05) is 32.9 Å². The SMILES string of the molecule is C=CCN(CCC)C(=O)[C@H]1[C@H]2C(=O)N(CCCCCO)C(C(=O)N(CC=C)c3c(C)cccc3Cl)C23CC[C@]1(CC)O3. The standard InChI is InChI=1S/C33H46ClN3O5/c1-6-18-35(19-7-2)29(39)25-26-30(40)37(21-11-10-12-22-38)28(33(26)17-16-32(25,9-4)42-33)31(41)36(20-8-3)27-23(5)14-13-15-24(27)34/h6,8,13-15,25-26,28,38H,1,3,7,9-12,16-22H2,2,4-5H3/t25-,26+,28?,32+,33?/m1/s1. The summed E-state index contributed by atoms with van der Waals surface area (Å²) in [7, 11) is 0. The first kappa shape index (κ1) is 32.2. The number of carbonyl (C=O) groups is 3. The molecule has 1 aromatic rings. The second-order valence-corrected chi connectivity index (χ2v) is 12.3. The normalized spacial score (nSPS) is 27.7. The van der Waals surface area contributed by atoms with Crippen molar-refractivity contribution in [3.8, 4) is 0 Å². The van der Waals surface area contributed by atoms with Crippen LogP contribution in [0.2, 0.25) is 5.02 Å². The van der Waals surface area contributed by atoms with Gasteiger partial charge in [0.25, 0.3) is 5.91 Å². The van der Waals surface area contributed by atoms with E-state index >= 15 is 0 Å². The van der Waals surface area contributed by atoms with Crippen LogP contribution < -0.4 is 4.90 Å². The predicted octanol–water partition coefficient (Wildman–Crippen LogP) is 4.91. The Kier molecular flexibility index (Phi) is 10.2. The molecule has 1 N–H and O–H groups in total. The summed E-state index contributed by atoms with van der Waals surface area (Å²) >= 11 is 6.66. The molecule has 0 saturated carbocycles. The maximum Gasteiger partial charge on any atom is 0.253 e. The number of rotatable bonds is 15. The molecule has 0 aliphatic carbocycles. The van der Waals surface area contributed by atoms with Crippen molar-refractivity contribution in [3.05, 3.63) is 54.1 Å². The van der Waals surface area contributed by atoms with E-state index in [1.54, 1.807) is 32.9 Å². The van der Waals surface area contributed by atoms with Crippen molar-refractivity contribution in [3.63, 3.8) is 0 Å². The fourth-order valence-corrected chi connectivity index (χ4v) is 7.95. The summed E-state index contributed by atoms with van der Waals surface area (Å²) in [6.07, 6.45) is 7.79. The van der Waals surface area contributed by atoms with Crippen LogP contribution in [0, 0.1) is 18.8 Å². The van der Waals surface area contributed by atoms with E-state index in [1.165, 1.54) is 0 Å². The molecule has 3 aliphatic rings. The van der Waals surface area contributed by atoms with Crippen molar-refractivity contribution in [1.29, 1.82) is 0 Å². The molecule has 2 unspecified atom stereocenters. The minimum atomic E-state index is -1.12. The highest BCUT2D eigenvalue weighted by Crippen LogP contribution is 2.64. The molecule has 9 heteroatoms. The first-order valence-corrected chi connectivity index (χ1v) is 15.7. The number of carbonyl (C=O) groups excluding carboxylic acids is 3. The van der Waals surface area contributed by atoms with E-state index in [4.69, 9.17) is 16.3 Å². The predicted molar refractivity (Wildman–Crippen MR) is 165 cm³/mol.